The van der Waals surface area contributed by atoms with Crippen LogP contribution in [0.1, 0.15) is 23.6 Å². The van der Waals surface area contributed by atoms with Gasteiger partial charge in [0.2, 0.25) is 0 Å². The highest BCUT2D eigenvalue weighted by Gasteiger charge is 2.04. The number of halogens is 3. The second-order valence-corrected chi connectivity index (χ2v) is 5.97. The average molecular weight is 492 g/mol. The Morgan fingerprint density at radius 3 is 2.46 bits per heavy atom. The van der Waals surface area contributed by atoms with E-state index in [1.807, 2.05) is 31.2 Å². The van der Waals surface area contributed by atoms with Crippen molar-refractivity contribution in [1.29, 1.82) is 0 Å². The van der Waals surface area contributed by atoms with Crippen LogP contribution in [0.5, 0.6) is 0 Å². The van der Waals surface area contributed by atoms with Crippen LogP contribution in [0.15, 0.2) is 47.5 Å². The summed E-state index contributed by atoms with van der Waals surface area (Å²) >= 11 is 5.90. The van der Waals surface area contributed by atoms with Crippen LogP contribution < -0.4 is 10.6 Å². The van der Waals surface area contributed by atoms with E-state index in [1.54, 1.807) is 19.2 Å². The zero-order valence-corrected chi connectivity index (χ0v) is 18.0. The Kier molecular flexibility index (Phi) is 10.5. The maximum absolute atomic E-state index is 13.7. The van der Waals surface area contributed by atoms with Crippen LogP contribution in [0.2, 0.25) is 5.02 Å². The van der Waals surface area contributed by atoms with E-state index in [4.69, 9.17) is 16.3 Å². The highest BCUT2D eigenvalue weighted by Crippen LogP contribution is 2.13. The summed E-state index contributed by atoms with van der Waals surface area (Å²) < 4.78 is 18.7. The van der Waals surface area contributed by atoms with Crippen LogP contribution in [0.3, 0.4) is 0 Å². The maximum atomic E-state index is 13.7. The Morgan fingerprint density at radius 2 is 1.81 bits per heavy atom. The number of ether oxygens (including phenoxy) is 1. The molecule has 2 aromatic carbocycles. The predicted molar refractivity (Wildman–Crippen MR) is 116 cm³/mol. The first-order valence-electron chi connectivity index (χ1n) is 8.15. The van der Waals surface area contributed by atoms with Crippen molar-refractivity contribution in [2.45, 2.75) is 26.6 Å². The zero-order valence-electron chi connectivity index (χ0n) is 14.9. The van der Waals surface area contributed by atoms with Crippen LogP contribution in [-0.4, -0.2) is 19.6 Å². The van der Waals surface area contributed by atoms with Gasteiger partial charge in [-0.1, -0.05) is 29.8 Å². The molecule has 2 rings (SSSR count). The molecule has 0 saturated heterocycles. The molecule has 0 heterocycles. The molecule has 0 aliphatic carbocycles. The Hall–Kier alpha value is -1.38. The summed E-state index contributed by atoms with van der Waals surface area (Å²) in [4.78, 5) is 4.55. The SMILES string of the molecule is CCNC(=NCc1ccc(F)c(COC)c1)NCc1ccc(Cl)cc1.I. The van der Waals surface area contributed by atoms with Gasteiger partial charge in [-0.2, -0.15) is 0 Å². The molecule has 0 atom stereocenters. The maximum Gasteiger partial charge on any atom is 0.191 e. The van der Waals surface area contributed by atoms with Gasteiger partial charge in [0.1, 0.15) is 5.82 Å². The van der Waals surface area contributed by atoms with Crippen molar-refractivity contribution >= 4 is 41.5 Å². The molecule has 0 fully saturated rings. The minimum absolute atomic E-state index is 0. The van der Waals surface area contributed by atoms with Crippen molar-refractivity contribution in [3.05, 3.63) is 70.0 Å². The van der Waals surface area contributed by atoms with E-state index in [-0.39, 0.29) is 36.4 Å². The Balaban J connectivity index is 0.00000338. The van der Waals surface area contributed by atoms with Crippen LogP contribution in [0.4, 0.5) is 4.39 Å². The number of benzene rings is 2. The molecule has 26 heavy (non-hydrogen) atoms. The molecule has 0 aromatic heterocycles. The van der Waals surface area contributed by atoms with Crippen LogP contribution >= 0.6 is 35.6 Å². The summed E-state index contributed by atoms with van der Waals surface area (Å²) in [6, 6.07) is 12.6. The third kappa shape index (κ3) is 7.47. The number of guanidine groups is 1. The van der Waals surface area contributed by atoms with Gasteiger partial charge in [-0.3, -0.25) is 0 Å². The fourth-order valence-corrected chi connectivity index (χ4v) is 2.42. The lowest BCUT2D eigenvalue weighted by Gasteiger charge is -2.12. The fraction of sp³-hybridized carbons (Fsp3) is 0.316. The molecule has 0 unspecified atom stereocenters. The van der Waals surface area contributed by atoms with Crippen molar-refractivity contribution in [3.8, 4) is 0 Å². The zero-order chi connectivity index (χ0) is 18.1. The van der Waals surface area contributed by atoms with E-state index in [9.17, 15) is 4.39 Å². The number of rotatable bonds is 7. The highest BCUT2D eigenvalue weighted by atomic mass is 127. The molecular weight excluding hydrogens is 468 g/mol. The summed E-state index contributed by atoms with van der Waals surface area (Å²) in [5, 5.41) is 7.19. The Morgan fingerprint density at radius 1 is 1.12 bits per heavy atom. The summed E-state index contributed by atoms with van der Waals surface area (Å²) in [5.41, 5.74) is 2.57. The Bertz CT molecular complexity index is 710. The number of nitrogens with one attached hydrogen (secondary N) is 2. The molecule has 142 valence electrons. The molecular formula is C19H24ClFIN3O. The number of aliphatic imine (C=N–C) groups is 1. The predicted octanol–water partition coefficient (Wildman–Crippen LogP) is 4.50. The topological polar surface area (TPSA) is 45.7 Å². The van der Waals surface area contributed by atoms with Gasteiger partial charge >= 0.3 is 0 Å². The van der Waals surface area contributed by atoms with Gasteiger partial charge in [0.15, 0.2) is 5.96 Å². The number of methoxy groups -OCH3 is 1. The van der Waals surface area contributed by atoms with E-state index in [0.717, 1.165) is 17.7 Å². The molecule has 0 aliphatic rings. The molecule has 0 bridgehead atoms. The van der Waals surface area contributed by atoms with Crippen LogP contribution in [0, 0.1) is 5.82 Å². The average Bonchev–Trinajstić information content (AvgIpc) is 2.61. The normalized spacial score (nSPS) is 11.0. The van der Waals surface area contributed by atoms with Crippen LogP contribution in [0.25, 0.3) is 0 Å². The third-order valence-corrected chi connectivity index (χ3v) is 3.80. The molecule has 0 amide bonds. The minimum atomic E-state index is -0.262. The molecule has 2 aromatic rings. The van der Waals surface area contributed by atoms with Gasteiger partial charge in [0, 0.05) is 30.8 Å². The number of hydrogen-bond donors (Lipinski definition) is 2. The lowest BCUT2D eigenvalue weighted by molar-refractivity contribution is 0.181. The molecule has 2 N–H and O–H groups in total. The highest BCUT2D eigenvalue weighted by molar-refractivity contribution is 14.0. The summed E-state index contributed by atoms with van der Waals surface area (Å²) in [7, 11) is 1.55. The minimum Gasteiger partial charge on any atom is -0.380 e. The molecule has 4 nitrogen and oxygen atoms in total. The van der Waals surface area contributed by atoms with E-state index in [0.29, 0.717) is 29.6 Å². The van der Waals surface area contributed by atoms with Crippen molar-refractivity contribution < 1.29 is 9.13 Å². The second kappa shape index (κ2) is 12.1. The Labute approximate surface area is 176 Å². The molecule has 7 heteroatoms. The summed E-state index contributed by atoms with van der Waals surface area (Å²) in [6.45, 7) is 4.10. The lowest BCUT2D eigenvalue weighted by atomic mass is 10.1. The van der Waals surface area contributed by atoms with E-state index >= 15 is 0 Å². The second-order valence-electron chi connectivity index (χ2n) is 5.53. The number of hydrogen-bond acceptors (Lipinski definition) is 2. The first-order valence-corrected chi connectivity index (χ1v) is 8.53. The monoisotopic (exact) mass is 491 g/mol. The van der Waals surface area contributed by atoms with Gasteiger partial charge in [-0.05, 0) is 42.3 Å². The largest absolute Gasteiger partial charge is 0.380 e. The van der Waals surface area contributed by atoms with Crippen LogP contribution in [-0.2, 0) is 24.4 Å². The quantitative estimate of drug-likeness (QED) is 0.341. The fourth-order valence-electron chi connectivity index (χ4n) is 2.29. The first kappa shape index (κ1) is 22.7. The standard InChI is InChI=1S/C19H23ClFN3O.HI/c1-3-22-19(23-11-14-4-7-17(20)8-5-14)24-12-15-6-9-18(21)16(10-15)13-25-2;/h4-10H,3,11-13H2,1-2H3,(H2,22,23,24);1H. The molecule has 0 saturated carbocycles. The van der Waals surface area contributed by atoms with Gasteiger partial charge in [-0.15, -0.1) is 24.0 Å². The van der Waals surface area contributed by atoms with Gasteiger partial charge in [-0.25, -0.2) is 9.38 Å². The molecule has 0 spiro atoms. The third-order valence-electron chi connectivity index (χ3n) is 3.55. The first-order chi connectivity index (χ1) is 12.1. The van der Waals surface area contributed by atoms with Crippen molar-refractivity contribution in [2.24, 2.45) is 4.99 Å². The van der Waals surface area contributed by atoms with Gasteiger partial charge in [0.25, 0.3) is 0 Å². The summed E-state index contributed by atoms with van der Waals surface area (Å²) in [6.07, 6.45) is 0. The van der Waals surface area contributed by atoms with Crippen molar-refractivity contribution in [1.82, 2.24) is 10.6 Å². The smallest absolute Gasteiger partial charge is 0.191 e. The lowest BCUT2D eigenvalue weighted by Crippen LogP contribution is -2.36. The molecule has 0 radical (unpaired) electrons. The number of nitrogens with zero attached hydrogens (tertiary/aromatic N) is 1. The van der Waals surface area contributed by atoms with Gasteiger partial charge in [0.05, 0.1) is 13.2 Å². The molecule has 0 aliphatic heterocycles. The van der Waals surface area contributed by atoms with E-state index in [1.165, 1.54) is 6.07 Å². The summed E-state index contributed by atoms with van der Waals surface area (Å²) in [5.74, 6) is 0.442. The van der Waals surface area contributed by atoms with Crippen molar-refractivity contribution in [3.63, 3.8) is 0 Å². The van der Waals surface area contributed by atoms with Crippen molar-refractivity contribution in [2.75, 3.05) is 13.7 Å². The van der Waals surface area contributed by atoms with E-state index < -0.39 is 0 Å². The van der Waals surface area contributed by atoms with E-state index in [2.05, 4.69) is 15.6 Å². The van der Waals surface area contributed by atoms with Gasteiger partial charge < -0.3 is 15.4 Å².